The minimum atomic E-state index is -0.137. The van der Waals surface area contributed by atoms with Crippen molar-refractivity contribution in [3.8, 4) is 0 Å². The first-order valence-corrected chi connectivity index (χ1v) is 4.09. The van der Waals surface area contributed by atoms with Crippen molar-refractivity contribution in [3.63, 3.8) is 0 Å². The summed E-state index contributed by atoms with van der Waals surface area (Å²) in [4.78, 5) is 10.7. The number of hydrogen-bond donors (Lipinski definition) is 0. The predicted octanol–water partition coefficient (Wildman–Crippen LogP) is 1.44. The highest BCUT2D eigenvalue weighted by molar-refractivity contribution is 5.68. The Hall–Kier alpha value is -1.25. The average molecular weight is 167 g/mol. The van der Waals surface area contributed by atoms with Crippen LogP contribution in [0, 0.1) is 0 Å². The quantitative estimate of drug-likeness (QED) is 0.635. The third kappa shape index (κ3) is 2.78. The number of aromatic nitrogens is 1. The van der Waals surface area contributed by atoms with Gasteiger partial charge in [-0.3, -0.25) is 4.79 Å². The van der Waals surface area contributed by atoms with Crippen molar-refractivity contribution >= 4 is 5.97 Å². The number of carbonyl (C=O) groups excluding carboxylic acids is 1. The zero-order valence-electron chi connectivity index (χ0n) is 7.19. The third-order valence-corrected chi connectivity index (χ3v) is 1.57. The molecule has 0 unspecified atom stereocenters. The Bertz CT molecular complexity index is 229. The molecule has 0 fully saturated rings. The third-order valence-electron chi connectivity index (χ3n) is 1.57. The van der Waals surface area contributed by atoms with Gasteiger partial charge in [0.1, 0.15) is 6.61 Å². The molecule has 1 aromatic heterocycles. The molecule has 1 aromatic rings. The van der Waals surface area contributed by atoms with Crippen LogP contribution in [0.5, 0.6) is 0 Å². The predicted molar refractivity (Wildman–Crippen MR) is 45.7 cm³/mol. The summed E-state index contributed by atoms with van der Waals surface area (Å²) >= 11 is 0. The second-order valence-corrected chi connectivity index (χ2v) is 2.49. The number of carbonyl (C=O) groups is 1. The SMILES string of the molecule is CCC(=O)OCCn1cccc1. The van der Waals surface area contributed by atoms with Gasteiger partial charge in [-0.2, -0.15) is 0 Å². The first kappa shape index (κ1) is 8.84. The molecular weight excluding hydrogens is 154 g/mol. The minimum absolute atomic E-state index is 0.137. The van der Waals surface area contributed by atoms with Gasteiger partial charge in [0, 0.05) is 18.8 Å². The van der Waals surface area contributed by atoms with Crippen LogP contribution in [0.15, 0.2) is 24.5 Å². The molecule has 0 aliphatic heterocycles. The van der Waals surface area contributed by atoms with Crippen molar-refractivity contribution in [1.82, 2.24) is 4.57 Å². The normalized spacial score (nSPS) is 9.75. The smallest absolute Gasteiger partial charge is 0.305 e. The van der Waals surface area contributed by atoms with Gasteiger partial charge >= 0.3 is 5.97 Å². The van der Waals surface area contributed by atoms with Gasteiger partial charge in [0.2, 0.25) is 0 Å². The Balaban J connectivity index is 2.15. The summed E-state index contributed by atoms with van der Waals surface area (Å²) < 4.78 is 6.88. The summed E-state index contributed by atoms with van der Waals surface area (Å²) in [5.41, 5.74) is 0. The van der Waals surface area contributed by atoms with Crippen LogP contribution in [0.25, 0.3) is 0 Å². The molecule has 0 radical (unpaired) electrons. The van der Waals surface area contributed by atoms with E-state index < -0.39 is 0 Å². The summed E-state index contributed by atoms with van der Waals surface area (Å²) in [6, 6.07) is 3.89. The number of ether oxygens (including phenoxy) is 1. The molecule has 0 aliphatic carbocycles. The van der Waals surface area contributed by atoms with Crippen LogP contribution in [0.2, 0.25) is 0 Å². The van der Waals surface area contributed by atoms with Crippen LogP contribution in [-0.4, -0.2) is 17.1 Å². The monoisotopic (exact) mass is 167 g/mol. The Labute approximate surface area is 72.0 Å². The largest absolute Gasteiger partial charge is 0.464 e. The average Bonchev–Trinajstić information content (AvgIpc) is 2.57. The Morgan fingerprint density at radius 2 is 2.08 bits per heavy atom. The molecule has 1 rings (SSSR count). The van der Waals surface area contributed by atoms with E-state index in [9.17, 15) is 4.79 Å². The number of esters is 1. The first-order chi connectivity index (χ1) is 5.83. The van der Waals surface area contributed by atoms with Gasteiger partial charge in [0.05, 0.1) is 6.54 Å². The van der Waals surface area contributed by atoms with E-state index >= 15 is 0 Å². The van der Waals surface area contributed by atoms with Gasteiger partial charge < -0.3 is 9.30 Å². The van der Waals surface area contributed by atoms with Gasteiger partial charge in [0.25, 0.3) is 0 Å². The van der Waals surface area contributed by atoms with Gasteiger partial charge in [-0.25, -0.2) is 0 Å². The van der Waals surface area contributed by atoms with Crippen molar-refractivity contribution in [2.75, 3.05) is 6.61 Å². The molecule has 0 aromatic carbocycles. The maximum absolute atomic E-state index is 10.7. The lowest BCUT2D eigenvalue weighted by atomic mass is 10.5. The van der Waals surface area contributed by atoms with Crippen LogP contribution < -0.4 is 0 Å². The molecule has 3 nitrogen and oxygen atoms in total. The van der Waals surface area contributed by atoms with Crippen molar-refractivity contribution in [2.45, 2.75) is 19.9 Å². The van der Waals surface area contributed by atoms with E-state index in [0.717, 1.165) is 6.54 Å². The zero-order valence-corrected chi connectivity index (χ0v) is 7.19. The van der Waals surface area contributed by atoms with E-state index in [1.807, 2.05) is 29.1 Å². The highest BCUT2D eigenvalue weighted by Gasteiger charge is 1.96. The molecule has 0 saturated heterocycles. The molecular formula is C9H13NO2. The molecule has 66 valence electrons. The molecule has 0 N–H and O–H groups in total. The van der Waals surface area contributed by atoms with Crippen LogP contribution in [0.1, 0.15) is 13.3 Å². The maximum Gasteiger partial charge on any atom is 0.305 e. The molecule has 1 heterocycles. The standard InChI is InChI=1S/C9H13NO2/c1-2-9(11)12-8-7-10-5-3-4-6-10/h3-6H,2,7-8H2,1H3. The highest BCUT2D eigenvalue weighted by Crippen LogP contribution is 1.91. The fourth-order valence-electron chi connectivity index (χ4n) is 0.886. The topological polar surface area (TPSA) is 31.2 Å². The highest BCUT2D eigenvalue weighted by atomic mass is 16.5. The summed E-state index contributed by atoms with van der Waals surface area (Å²) in [6.07, 6.45) is 4.34. The Morgan fingerprint density at radius 3 is 2.67 bits per heavy atom. The lowest BCUT2D eigenvalue weighted by Crippen LogP contribution is -2.08. The summed E-state index contributed by atoms with van der Waals surface area (Å²) in [5.74, 6) is -0.137. The lowest BCUT2D eigenvalue weighted by molar-refractivity contribution is -0.143. The van der Waals surface area contributed by atoms with Crippen LogP contribution in [0.4, 0.5) is 0 Å². The molecule has 3 heteroatoms. The molecule has 0 bridgehead atoms. The number of nitrogens with zero attached hydrogens (tertiary/aromatic N) is 1. The van der Waals surface area contributed by atoms with E-state index in [1.165, 1.54) is 0 Å². The fraction of sp³-hybridized carbons (Fsp3) is 0.444. The van der Waals surface area contributed by atoms with Crippen molar-refractivity contribution in [1.29, 1.82) is 0 Å². The molecule has 0 aliphatic rings. The van der Waals surface area contributed by atoms with E-state index in [-0.39, 0.29) is 5.97 Å². The van der Waals surface area contributed by atoms with Crippen molar-refractivity contribution < 1.29 is 9.53 Å². The number of hydrogen-bond acceptors (Lipinski definition) is 2. The molecule has 12 heavy (non-hydrogen) atoms. The van der Waals surface area contributed by atoms with Crippen molar-refractivity contribution in [2.24, 2.45) is 0 Å². The van der Waals surface area contributed by atoms with Gasteiger partial charge in [0.15, 0.2) is 0 Å². The lowest BCUT2D eigenvalue weighted by Gasteiger charge is -2.03. The van der Waals surface area contributed by atoms with Gasteiger partial charge in [-0.05, 0) is 12.1 Å². The second-order valence-electron chi connectivity index (χ2n) is 2.49. The van der Waals surface area contributed by atoms with Crippen LogP contribution in [-0.2, 0) is 16.1 Å². The summed E-state index contributed by atoms with van der Waals surface area (Å²) in [7, 11) is 0. The summed E-state index contributed by atoms with van der Waals surface area (Å²) in [6.45, 7) is 2.98. The Kier molecular flexibility index (Phi) is 3.38. The molecule has 0 spiro atoms. The fourth-order valence-corrected chi connectivity index (χ4v) is 0.886. The minimum Gasteiger partial charge on any atom is -0.464 e. The molecule has 0 saturated carbocycles. The van der Waals surface area contributed by atoms with Crippen LogP contribution >= 0.6 is 0 Å². The Morgan fingerprint density at radius 1 is 1.42 bits per heavy atom. The zero-order chi connectivity index (χ0) is 8.81. The van der Waals surface area contributed by atoms with E-state index in [0.29, 0.717) is 13.0 Å². The number of rotatable bonds is 4. The van der Waals surface area contributed by atoms with Crippen LogP contribution in [0.3, 0.4) is 0 Å². The van der Waals surface area contributed by atoms with Crippen molar-refractivity contribution in [3.05, 3.63) is 24.5 Å². The van der Waals surface area contributed by atoms with E-state index in [2.05, 4.69) is 0 Å². The maximum atomic E-state index is 10.7. The second kappa shape index (κ2) is 4.59. The molecule has 0 amide bonds. The van der Waals surface area contributed by atoms with Gasteiger partial charge in [-0.15, -0.1) is 0 Å². The van der Waals surface area contributed by atoms with E-state index in [1.54, 1.807) is 6.92 Å². The molecule has 0 atom stereocenters. The first-order valence-electron chi connectivity index (χ1n) is 4.09. The van der Waals surface area contributed by atoms with Gasteiger partial charge in [-0.1, -0.05) is 6.92 Å². The van der Waals surface area contributed by atoms with E-state index in [4.69, 9.17) is 4.74 Å². The summed E-state index contributed by atoms with van der Waals surface area (Å²) in [5, 5.41) is 0.